The molecule has 4 N–H and O–H groups in total. The third kappa shape index (κ3) is 13.1. The van der Waals surface area contributed by atoms with E-state index in [-0.39, 0.29) is 95.9 Å². The van der Waals surface area contributed by atoms with E-state index in [1.54, 1.807) is 37.3 Å². The third-order valence-corrected chi connectivity index (χ3v) is 5.24. The summed E-state index contributed by atoms with van der Waals surface area (Å²) in [5.41, 5.74) is 1.60. The quantitative estimate of drug-likeness (QED) is 0.311. The SMILES string of the molecule is C.C.C.C.CCC(CC(C)C(=O)[O-])C(=O)NCc1ccc(O)c(C(=O)Nc2ccc(CC(=O)O)cc2)c1.[Na+]. The van der Waals surface area contributed by atoms with Crippen LogP contribution in [0.2, 0.25) is 0 Å². The third-order valence-electron chi connectivity index (χ3n) is 5.24. The summed E-state index contributed by atoms with van der Waals surface area (Å²) in [6.07, 6.45) is 0.505. The van der Waals surface area contributed by atoms with Crippen LogP contribution in [0.25, 0.3) is 0 Å². The molecule has 0 saturated heterocycles. The van der Waals surface area contributed by atoms with Crippen molar-refractivity contribution in [3.8, 4) is 5.75 Å². The van der Waals surface area contributed by atoms with Crippen LogP contribution in [0, 0.1) is 11.8 Å². The second kappa shape index (κ2) is 20.1. The Balaban J connectivity index is -0.00000116. The van der Waals surface area contributed by atoms with Gasteiger partial charge >= 0.3 is 35.5 Å². The second-order valence-electron chi connectivity index (χ2n) is 7.85. The molecule has 2 aromatic carbocycles. The molecule has 9 nitrogen and oxygen atoms in total. The zero-order valence-electron chi connectivity index (χ0n) is 19.5. The largest absolute Gasteiger partial charge is 1.00 e. The molecule has 0 aliphatic heterocycles. The van der Waals surface area contributed by atoms with E-state index in [1.807, 2.05) is 0 Å². The number of benzene rings is 2. The van der Waals surface area contributed by atoms with Crippen molar-refractivity contribution in [2.24, 2.45) is 11.8 Å². The summed E-state index contributed by atoms with van der Waals surface area (Å²) in [5.74, 6) is -4.50. The number of amides is 2. The van der Waals surface area contributed by atoms with Crippen LogP contribution in [0.3, 0.4) is 0 Å². The molecule has 0 heterocycles. The van der Waals surface area contributed by atoms with Crippen LogP contribution in [0.4, 0.5) is 5.69 Å². The number of carbonyl (C=O) groups excluding carboxylic acids is 3. The van der Waals surface area contributed by atoms with E-state index in [1.165, 1.54) is 19.1 Å². The first kappa shape index (κ1) is 42.2. The van der Waals surface area contributed by atoms with Crippen molar-refractivity contribution in [2.75, 3.05) is 5.32 Å². The molecule has 0 saturated carbocycles. The van der Waals surface area contributed by atoms with Crippen molar-refractivity contribution in [1.82, 2.24) is 5.32 Å². The van der Waals surface area contributed by atoms with Gasteiger partial charge in [0.15, 0.2) is 0 Å². The predicted octanol–water partition coefficient (Wildman–Crippen LogP) is 1.24. The van der Waals surface area contributed by atoms with E-state index in [2.05, 4.69) is 10.6 Å². The van der Waals surface area contributed by atoms with E-state index >= 15 is 0 Å². The first-order chi connectivity index (χ1) is 15.6. The minimum atomic E-state index is -1.20. The number of aliphatic carboxylic acids is 2. The van der Waals surface area contributed by atoms with Crippen LogP contribution in [0.5, 0.6) is 5.75 Å². The van der Waals surface area contributed by atoms with Gasteiger partial charge in [0, 0.05) is 24.1 Å². The van der Waals surface area contributed by atoms with Crippen molar-refractivity contribution < 1.29 is 64.1 Å². The molecule has 0 radical (unpaired) electrons. The normalized spacial score (nSPS) is 10.8. The molecule has 0 aromatic heterocycles. The van der Waals surface area contributed by atoms with Gasteiger partial charge in [-0.15, -0.1) is 0 Å². The predicted molar refractivity (Wildman–Crippen MR) is 145 cm³/mol. The molecular formula is C28H43N2NaO7. The van der Waals surface area contributed by atoms with Crippen LogP contribution < -0.4 is 45.3 Å². The fourth-order valence-corrected chi connectivity index (χ4v) is 3.27. The van der Waals surface area contributed by atoms with Crippen molar-refractivity contribution in [1.29, 1.82) is 0 Å². The molecule has 2 unspecified atom stereocenters. The van der Waals surface area contributed by atoms with E-state index in [0.717, 1.165) is 0 Å². The van der Waals surface area contributed by atoms with Crippen molar-refractivity contribution >= 4 is 29.4 Å². The minimum absolute atomic E-state index is 0. The number of phenols is 1. The first-order valence-electron chi connectivity index (χ1n) is 10.5. The molecule has 2 aromatic rings. The number of nitrogens with one attached hydrogen (secondary N) is 2. The zero-order valence-corrected chi connectivity index (χ0v) is 21.5. The standard InChI is InChI=1S/C24H28N2O7.4CH4.Na/c1-3-17(10-14(2)24(32)33)22(30)25-13-16-6-9-20(27)19(11-16)23(31)26-18-7-4-15(5-8-18)12-21(28)29;;;;;/h4-9,11,14,17,27H,3,10,12-13H2,1-2H3,(H,25,30)(H,26,31)(H,28,29)(H,32,33);4*1H4;/q;;;;;+1/p-1. The number of rotatable bonds is 11. The van der Waals surface area contributed by atoms with Crippen LogP contribution in [-0.2, 0) is 27.3 Å². The molecule has 0 spiro atoms. The van der Waals surface area contributed by atoms with Gasteiger partial charge in [-0.2, -0.15) is 0 Å². The van der Waals surface area contributed by atoms with Crippen LogP contribution in [-0.4, -0.2) is 34.0 Å². The van der Waals surface area contributed by atoms with Crippen LogP contribution in [0.15, 0.2) is 42.5 Å². The average molecular weight is 543 g/mol. The maximum absolute atomic E-state index is 12.6. The molecule has 38 heavy (non-hydrogen) atoms. The monoisotopic (exact) mass is 542 g/mol. The summed E-state index contributed by atoms with van der Waals surface area (Å²) in [6.45, 7) is 3.39. The average Bonchev–Trinajstić information content (AvgIpc) is 2.77. The van der Waals surface area contributed by atoms with Gasteiger partial charge in [0.1, 0.15) is 5.75 Å². The Kier molecular flexibility index (Phi) is 22.4. The van der Waals surface area contributed by atoms with Gasteiger partial charge in [-0.3, -0.25) is 14.4 Å². The Morgan fingerprint density at radius 3 is 2.00 bits per heavy atom. The number of carboxylic acids is 2. The Labute approximate surface area is 249 Å². The summed E-state index contributed by atoms with van der Waals surface area (Å²) in [5, 5.41) is 35.2. The number of phenolic OH excluding ortho intramolecular Hbond substituents is 1. The minimum Gasteiger partial charge on any atom is -0.550 e. The van der Waals surface area contributed by atoms with Crippen LogP contribution in [0.1, 0.15) is 77.9 Å². The molecule has 0 bridgehead atoms. The Morgan fingerprint density at radius 2 is 1.50 bits per heavy atom. The fourth-order valence-electron chi connectivity index (χ4n) is 3.27. The molecule has 2 amide bonds. The number of anilines is 1. The van der Waals surface area contributed by atoms with E-state index < -0.39 is 29.7 Å². The fraction of sp³-hybridized carbons (Fsp3) is 0.429. The maximum atomic E-state index is 12.6. The molecule has 2 rings (SSSR count). The van der Waals surface area contributed by atoms with Crippen molar-refractivity contribution in [3.05, 3.63) is 59.2 Å². The van der Waals surface area contributed by atoms with E-state index in [4.69, 9.17) is 5.11 Å². The van der Waals surface area contributed by atoms with Crippen molar-refractivity contribution in [2.45, 2.75) is 69.4 Å². The molecule has 0 aliphatic carbocycles. The molecular weight excluding hydrogens is 499 g/mol. The number of hydrogen-bond donors (Lipinski definition) is 4. The van der Waals surface area contributed by atoms with Gasteiger partial charge in [0.25, 0.3) is 5.91 Å². The first-order valence-corrected chi connectivity index (χ1v) is 10.5. The zero-order chi connectivity index (χ0) is 24.5. The Hall–Kier alpha value is -2.88. The number of aromatic hydroxyl groups is 1. The summed E-state index contributed by atoms with van der Waals surface area (Å²) < 4.78 is 0. The summed E-state index contributed by atoms with van der Waals surface area (Å²) in [7, 11) is 0. The Bertz CT molecular complexity index is 1030. The van der Waals surface area contributed by atoms with Gasteiger partial charge in [0.05, 0.1) is 12.0 Å². The molecule has 0 aliphatic rings. The number of carboxylic acid groups (broad SMARTS) is 2. The van der Waals surface area contributed by atoms with Crippen molar-refractivity contribution in [3.63, 3.8) is 0 Å². The molecule has 2 atom stereocenters. The summed E-state index contributed by atoms with van der Waals surface area (Å²) in [4.78, 5) is 46.8. The van der Waals surface area contributed by atoms with E-state index in [0.29, 0.717) is 23.2 Å². The number of hydrogen-bond acceptors (Lipinski definition) is 6. The van der Waals surface area contributed by atoms with Gasteiger partial charge in [-0.1, -0.05) is 61.8 Å². The number of carbonyl (C=O) groups is 4. The van der Waals surface area contributed by atoms with Gasteiger partial charge in [-0.25, -0.2) is 0 Å². The topological polar surface area (TPSA) is 156 Å². The van der Waals surface area contributed by atoms with Gasteiger partial charge in [-0.05, 0) is 54.2 Å². The van der Waals surface area contributed by atoms with Crippen LogP contribution >= 0.6 is 0 Å². The Morgan fingerprint density at radius 1 is 0.947 bits per heavy atom. The maximum Gasteiger partial charge on any atom is 1.00 e. The summed E-state index contributed by atoms with van der Waals surface area (Å²) in [6, 6.07) is 10.7. The summed E-state index contributed by atoms with van der Waals surface area (Å²) >= 11 is 0. The molecule has 208 valence electrons. The van der Waals surface area contributed by atoms with E-state index in [9.17, 15) is 29.4 Å². The van der Waals surface area contributed by atoms with Gasteiger partial charge < -0.3 is 30.7 Å². The molecule has 0 fully saturated rings. The van der Waals surface area contributed by atoms with Gasteiger partial charge in [0.2, 0.25) is 5.91 Å². The molecule has 10 heteroatoms. The smallest absolute Gasteiger partial charge is 0.550 e. The second-order valence-corrected chi connectivity index (χ2v) is 7.85.